The summed E-state index contributed by atoms with van der Waals surface area (Å²) in [6.45, 7) is 4.80. The quantitative estimate of drug-likeness (QED) is 0.744. The minimum absolute atomic E-state index is 0.0518. The minimum atomic E-state index is 0.0518. The van der Waals surface area contributed by atoms with Crippen LogP contribution in [0.1, 0.15) is 29.3 Å². The van der Waals surface area contributed by atoms with Gasteiger partial charge in [0, 0.05) is 10.5 Å². The topological polar surface area (TPSA) is 26.3 Å². The zero-order chi connectivity index (χ0) is 14.4. The fourth-order valence-electron chi connectivity index (χ4n) is 1.68. The molecule has 104 valence electrons. The van der Waals surface area contributed by atoms with E-state index in [9.17, 15) is 4.79 Å². The first-order chi connectivity index (χ1) is 9.69. The average molecular weight is 286 g/mol. The van der Waals surface area contributed by atoms with Crippen molar-refractivity contribution in [2.75, 3.05) is 6.61 Å². The van der Waals surface area contributed by atoms with Gasteiger partial charge in [0.25, 0.3) is 0 Å². The van der Waals surface area contributed by atoms with Crippen molar-refractivity contribution in [2.24, 2.45) is 0 Å². The molecule has 0 aromatic heterocycles. The summed E-state index contributed by atoms with van der Waals surface area (Å²) >= 11 is 1.25. The average Bonchev–Trinajstić information content (AvgIpc) is 2.48. The van der Waals surface area contributed by atoms with E-state index in [2.05, 4.69) is 6.92 Å². The molecule has 0 amide bonds. The van der Waals surface area contributed by atoms with Crippen LogP contribution in [0.4, 0.5) is 0 Å². The number of benzene rings is 2. The van der Waals surface area contributed by atoms with E-state index in [1.807, 2.05) is 55.5 Å². The van der Waals surface area contributed by atoms with E-state index in [-0.39, 0.29) is 5.12 Å². The molecule has 0 saturated heterocycles. The fourth-order valence-corrected chi connectivity index (χ4v) is 2.42. The molecule has 20 heavy (non-hydrogen) atoms. The lowest BCUT2D eigenvalue weighted by Crippen LogP contribution is -1.97. The van der Waals surface area contributed by atoms with Crippen LogP contribution in [-0.2, 0) is 0 Å². The first-order valence-corrected chi connectivity index (χ1v) is 7.52. The number of rotatable bonds is 5. The summed E-state index contributed by atoms with van der Waals surface area (Å²) in [5, 5.41) is 0.0518. The summed E-state index contributed by atoms with van der Waals surface area (Å²) < 4.78 is 5.50. The van der Waals surface area contributed by atoms with Gasteiger partial charge < -0.3 is 4.74 Å². The van der Waals surface area contributed by atoms with Crippen LogP contribution >= 0.6 is 11.8 Å². The highest BCUT2D eigenvalue weighted by Crippen LogP contribution is 2.24. The monoisotopic (exact) mass is 286 g/mol. The van der Waals surface area contributed by atoms with Gasteiger partial charge in [0.15, 0.2) is 0 Å². The Labute approximate surface area is 124 Å². The van der Waals surface area contributed by atoms with Crippen LogP contribution in [0, 0.1) is 6.92 Å². The highest BCUT2D eigenvalue weighted by Gasteiger charge is 2.08. The predicted octanol–water partition coefficient (Wildman–Crippen LogP) is 4.72. The number of hydrogen-bond donors (Lipinski definition) is 0. The van der Waals surface area contributed by atoms with Crippen molar-refractivity contribution in [3.63, 3.8) is 0 Å². The molecule has 0 radical (unpaired) electrons. The smallest absolute Gasteiger partial charge is 0.224 e. The summed E-state index contributed by atoms with van der Waals surface area (Å²) in [4.78, 5) is 13.1. The molecule has 2 aromatic carbocycles. The molecule has 0 aliphatic rings. The highest BCUT2D eigenvalue weighted by atomic mass is 32.2. The molecule has 0 atom stereocenters. The largest absolute Gasteiger partial charge is 0.494 e. The summed E-state index contributed by atoms with van der Waals surface area (Å²) in [6.07, 6.45) is 0.976. The lowest BCUT2D eigenvalue weighted by molar-refractivity contribution is 0.108. The molecular weight excluding hydrogens is 268 g/mol. The normalized spacial score (nSPS) is 10.3. The summed E-state index contributed by atoms with van der Waals surface area (Å²) in [7, 11) is 0. The van der Waals surface area contributed by atoms with E-state index >= 15 is 0 Å². The Balaban J connectivity index is 2.00. The third-order valence-electron chi connectivity index (χ3n) is 2.79. The number of hydrogen-bond acceptors (Lipinski definition) is 3. The van der Waals surface area contributed by atoms with Gasteiger partial charge in [-0.3, -0.25) is 4.79 Å². The number of ether oxygens (including phenoxy) is 1. The maximum atomic E-state index is 12.1. The molecule has 0 aliphatic carbocycles. The molecule has 0 aliphatic heterocycles. The third-order valence-corrected chi connectivity index (χ3v) is 3.72. The van der Waals surface area contributed by atoms with Crippen molar-refractivity contribution >= 4 is 16.9 Å². The third kappa shape index (κ3) is 4.14. The van der Waals surface area contributed by atoms with Gasteiger partial charge in [-0.05, 0) is 61.5 Å². The van der Waals surface area contributed by atoms with Gasteiger partial charge in [0.2, 0.25) is 5.12 Å². The number of carbonyl (C=O) groups is 1. The van der Waals surface area contributed by atoms with Crippen LogP contribution in [0.25, 0.3) is 0 Å². The van der Waals surface area contributed by atoms with Crippen LogP contribution in [0.5, 0.6) is 5.75 Å². The van der Waals surface area contributed by atoms with E-state index in [4.69, 9.17) is 4.74 Å². The second-order valence-corrected chi connectivity index (χ2v) is 5.62. The molecule has 0 saturated carbocycles. The van der Waals surface area contributed by atoms with E-state index < -0.39 is 0 Å². The number of carbonyl (C=O) groups excluding carboxylic acids is 1. The number of thioether (sulfide) groups is 1. The maximum absolute atomic E-state index is 12.1. The van der Waals surface area contributed by atoms with Crippen LogP contribution in [0.3, 0.4) is 0 Å². The van der Waals surface area contributed by atoms with Gasteiger partial charge >= 0.3 is 0 Å². The molecule has 0 heterocycles. The van der Waals surface area contributed by atoms with Crippen molar-refractivity contribution in [1.29, 1.82) is 0 Å². The zero-order valence-electron chi connectivity index (χ0n) is 11.8. The molecule has 2 rings (SSSR count). The van der Waals surface area contributed by atoms with Crippen molar-refractivity contribution in [3.8, 4) is 5.75 Å². The van der Waals surface area contributed by atoms with Crippen molar-refractivity contribution in [2.45, 2.75) is 25.2 Å². The Hall–Kier alpha value is -1.74. The summed E-state index contributed by atoms with van der Waals surface area (Å²) in [6, 6.07) is 15.3. The Morgan fingerprint density at radius 2 is 1.70 bits per heavy atom. The fraction of sp³-hybridized carbons (Fsp3) is 0.235. The lowest BCUT2D eigenvalue weighted by Gasteiger charge is -2.05. The Bertz CT molecular complexity index is 559. The SMILES string of the molecule is CCCOc1ccc(C(=O)Sc2ccc(C)cc2)cc1. The van der Waals surface area contributed by atoms with Crippen molar-refractivity contribution < 1.29 is 9.53 Å². The van der Waals surface area contributed by atoms with Gasteiger partial charge in [-0.25, -0.2) is 0 Å². The molecule has 0 N–H and O–H groups in total. The molecular formula is C17H18O2S. The minimum Gasteiger partial charge on any atom is -0.494 e. The predicted molar refractivity (Wildman–Crippen MR) is 83.6 cm³/mol. The molecule has 0 spiro atoms. The first kappa shape index (κ1) is 14.7. The van der Waals surface area contributed by atoms with Crippen LogP contribution in [-0.4, -0.2) is 11.7 Å². The molecule has 0 unspecified atom stereocenters. The van der Waals surface area contributed by atoms with Gasteiger partial charge in [-0.15, -0.1) is 0 Å². The second kappa shape index (κ2) is 7.15. The van der Waals surface area contributed by atoms with Crippen molar-refractivity contribution in [3.05, 3.63) is 59.7 Å². The lowest BCUT2D eigenvalue weighted by atomic mass is 10.2. The van der Waals surface area contributed by atoms with E-state index in [1.54, 1.807) is 0 Å². The molecule has 2 nitrogen and oxygen atoms in total. The summed E-state index contributed by atoms with van der Waals surface area (Å²) in [5.74, 6) is 0.809. The Kier molecular flexibility index (Phi) is 5.24. The molecule has 0 fully saturated rings. The Morgan fingerprint density at radius 1 is 1.05 bits per heavy atom. The van der Waals surface area contributed by atoms with Gasteiger partial charge in [-0.1, -0.05) is 24.6 Å². The van der Waals surface area contributed by atoms with Gasteiger partial charge in [0.1, 0.15) is 5.75 Å². The first-order valence-electron chi connectivity index (χ1n) is 6.71. The van der Waals surface area contributed by atoms with Crippen LogP contribution in [0.2, 0.25) is 0 Å². The molecule has 3 heteroatoms. The molecule has 2 aromatic rings. The second-order valence-electron chi connectivity index (χ2n) is 4.58. The summed E-state index contributed by atoms with van der Waals surface area (Å²) in [5.41, 5.74) is 1.89. The number of aryl methyl sites for hydroxylation is 1. The standard InChI is InChI=1S/C17H18O2S/c1-3-12-19-15-8-6-14(7-9-15)17(18)20-16-10-4-13(2)5-11-16/h4-11H,3,12H2,1-2H3. The van der Waals surface area contributed by atoms with Crippen LogP contribution in [0.15, 0.2) is 53.4 Å². The molecule has 0 bridgehead atoms. The van der Waals surface area contributed by atoms with Gasteiger partial charge in [-0.2, -0.15) is 0 Å². The zero-order valence-corrected chi connectivity index (χ0v) is 12.6. The Morgan fingerprint density at radius 3 is 2.30 bits per heavy atom. The van der Waals surface area contributed by atoms with Crippen LogP contribution < -0.4 is 4.74 Å². The van der Waals surface area contributed by atoms with Gasteiger partial charge in [0.05, 0.1) is 6.61 Å². The highest BCUT2D eigenvalue weighted by molar-refractivity contribution is 8.14. The van der Waals surface area contributed by atoms with E-state index in [1.165, 1.54) is 17.3 Å². The van der Waals surface area contributed by atoms with E-state index in [0.29, 0.717) is 12.2 Å². The van der Waals surface area contributed by atoms with Crippen molar-refractivity contribution in [1.82, 2.24) is 0 Å². The maximum Gasteiger partial charge on any atom is 0.224 e. The van der Waals surface area contributed by atoms with E-state index in [0.717, 1.165) is 17.1 Å².